The van der Waals surface area contributed by atoms with Crippen molar-refractivity contribution in [1.82, 2.24) is 0 Å². The third-order valence-electron chi connectivity index (χ3n) is 4.13. The maximum absolute atomic E-state index is 11.4. The molecule has 0 aliphatic rings. The lowest BCUT2D eigenvalue weighted by Crippen LogP contribution is -2.39. The second-order valence-electron chi connectivity index (χ2n) is 6.31. The molecule has 0 fully saturated rings. The van der Waals surface area contributed by atoms with Crippen LogP contribution in [-0.2, 0) is 6.42 Å². The summed E-state index contributed by atoms with van der Waals surface area (Å²) in [4.78, 5) is 21.7. The van der Waals surface area contributed by atoms with Crippen LogP contribution in [0.25, 0.3) is 0 Å². The van der Waals surface area contributed by atoms with Crippen LogP contribution < -0.4 is 0 Å². The Morgan fingerprint density at radius 1 is 1.37 bits per heavy atom. The average molecular weight is 343 g/mol. The molecular formula is C15H23BrO2Si. The first kappa shape index (κ1) is 16.6. The summed E-state index contributed by atoms with van der Waals surface area (Å²) in [7, 11) is -2.17. The zero-order chi connectivity index (χ0) is 14.8. The molecule has 0 aliphatic carbocycles. The number of ketones is 1. The SMILES string of the molecule is CC(=O)c1ccc(Br)c(CCC(C)(C)[Si](C)(C)O)c1. The van der Waals surface area contributed by atoms with Crippen LogP contribution in [0.4, 0.5) is 0 Å². The van der Waals surface area contributed by atoms with E-state index in [1.165, 1.54) is 0 Å². The van der Waals surface area contributed by atoms with E-state index >= 15 is 0 Å². The van der Waals surface area contributed by atoms with Gasteiger partial charge >= 0.3 is 0 Å². The van der Waals surface area contributed by atoms with E-state index in [9.17, 15) is 9.59 Å². The van der Waals surface area contributed by atoms with E-state index in [0.29, 0.717) is 0 Å². The van der Waals surface area contributed by atoms with Crippen molar-refractivity contribution in [1.29, 1.82) is 0 Å². The van der Waals surface area contributed by atoms with Crippen molar-refractivity contribution in [2.24, 2.45) is 0 Å². The molecule has 0 aliphatic heterocycles. The fourth-order valence-electron chi connectivity index (χ4n) is 1.74. The molecule has 1 N–H and O–H groups in total. The van der Waals surface area contributed by atoms with Gasteiger partial charge in [0.25, 0.3) is 0 Å². The summed E-state index contributed by atoms with van der Waals surface area (Å²) < 4.78 is 1.03. The van der Waals surface area contributed by atoms with E-state index in [1.54, 1.807) is 6.92 Å². The Kier molecular flexibility index (Phi) is 5.15. The van der Waals surface area contributed by atoms with E-state index < -0.39 is 8.32 Å². The number of hydrogen-bond acceptors (Lipinski definition) is 2. The first-order valence-electron chi connectivity index (χ1n) is 6.56. The van der Waals surface area contributed by atoms with Crippen molar-refractivity contribution in [3.63, 3.8) is 0 Å². The zero-order valence-electron chi connectivity index (χ0n) is 12.4. The number of benzene rings is 1. The topological polar surface area (TPSA) is 37.3 Å². The second-order valence-corrected chi connectivity index (χ2v) is 11.6. The average Bonchev–Trinajstić information content (AvgIpc) is 2.26. The predicted octanol–water partition coefficient (Wildman–Crippen LogP) is 4.56. The highest BCUT2D eigenvalue weighted by Gasteiger charge is 2.37. The molecule has 0 heterocycles. The summed E-state index contributed by atoms with van der Waals surface area (Å²) in [6.45, 7) is 9.80. The van der Waals surface area contributed by atoms with Gasteiger partial charge in [-0.1, -0.05) is 35.8 Å². The molecule has 0 atom stereocenters. The Balaban J connectivity index is 2.89. The van der Waals surface area contributed by atoms with Gasteiger partial charge in [0.05, 0.1) is 0 Å². The molecular weight excluding hydrogens is 320 g/mol. The highest BCUT2D eigenvalue weighted by atomic mass is 79.9. The highest BCUT2D eigenvalue weighted by Crippen LogP contribution is 2.40. The summed E-state index contributed by atoms with van der Waals surface area (Å²) in [5, 5.41) is -0.0430. The van der Waals surface area contributed by atoms with Gasteiger partial charge in [0.2, 0.25) is 0 Å². The predicted molar refractivity (Wildman–Crippen MR) is 86.2 cm³/mol. The molecule has 2 nitrogen and oxygen atoms in total. The molecule has 1 aromatic carbocycles. The Bertz CT molecular complexity index is 476. The molecule has 0 spiro atoms. The van der Waals surface area contributed by atoms with Crippen molar-refractivity contribution < 1.29 is 9.59 Å². The van der Waals surface area contributed by atoms with Crippen LogP contribution in [0.2, 0.25) is 18.1 Å². The molecule has 0 unspecified atom stereocenters. The van der Waals surface area contributed by atoms with Crippen molar-refractivity contribution in [2.45, 2.75) is 51.7 Å². The number of carbonyl (C=O) groups excluding carboxylic acids is 1. The number of halogens is 1. The number of rotatable bonds is 5. The van der Waals surface area contributed by atoms with Crippen molar-refractivity contribution >= 4 is 30.0 Å². The summed E-state index contributed by atoms with van der Waals surface area (Å²) in [6.07, 6.45) is 1.79. The molecule has 1 aromatic rings. The molecule has 0 saturated carbocycles. The monoisotopic (exact) mass is 342 g/mol. The summed E-state index contributed by atoms with van der Waals surface area (Å²) in [5.41, 5.74) is 1.88. The quantitative estimate of drug-likeness (QED) is 0.628. The molecule has 0 bridgehead atoms. The maximum Gasteiger partial charge on any atom is 0.188 e. The lowest BCUT2D eigenvalue weighted by Gasteiger charge is -2.35. The lowest BCUT2D eigenvalue weighted by atomic mass is 9.99. The normalized spacial score (nSPS) is 12.6. The van der Waals surface area contributed by atoms with Crippen LogP contribution in [0.1, 0.15) is 43.1 Å². The summed E-state index contributed by atoms with van der Waals surface area (Å²) >= 11 is 3.54. The molecule has 0 aromatic heterocycles. The van der Waals surface area contributed by atoms with Gasteiger partial charge in [-0.2, -0.15) is 0 Å². The van der Waals surface area contributed by atoms with Crippen molar-refractivity contribution in [3.05, 3.63) is 33.8 Å². The van der Waals surface area contributed by atoms with E-state index in [2.05, 4.69) is 29.8 Å². The molecule has 0 radical (unpaired) electrons. The van der Waals surface area contributed by atoms with Gasteiger partial charge < -0.3 is 4.80 Å². The van der Waals surface area contributed by atoms with Crippen LogP contribution in [-0.4, -0.2) is 18.9 Å². The second kappa shape index (κ2) is 5.90. The van der Waals surface area contributed by atoms with Gasteiger partial charge in [0.1, 0.15) is 0 Å². The maximum atomic E-state index is 11.4. The smallest absolute Gasteiger partial charge is 0.188 e. The van der Waals surface area contributed by atoms with E-state index in [0.717, 1.165) is 28.4 Å². The van der Waals surface area contributed by atoms with Crippen molar-refractivity contribution in [3.8, 4) is 0 Å². The molecule has 106 valence electrons. The fraction of sp³-hybridized carbons (Fsp3) is 0.533. The van der Waals surface area contributed by atoms with Crippen LogP contribution in [0, 0.1) is 0 Å². The molecule has 1 rings (SSSR count). The molecule has 4 heteroatoms. The number of carbonyl (C=O) groups is 1. The minimum absolute atomic E-state index is 0.0430. The third-order valence-corrected chi connectivity index (χ3v) is 8.46. The van der Waals surface area contributed by atoms with E-state index in [1.807, 2.05) is 31.3 Å². The van der Waals surface area contributed by atoms with Crippen LogP contribution >= 0.6 is 15.9 Å². The first-order valence-corrected chi connectivity index (χ1v) is 10.3. The van der Waals surface area contributed by atoms with E-state index in [4.69, 9.17) is 0 Å². The zero-order valence-corrected chi connectivity index (χ0v) is 15.0. The first-order chi connectivity index (χ1) is 8.54. The van der Waals surface area contributed by atoms with Gasteiger partial charge in [-0.05, 0) is 55.6 Å². The largest absolute Gasteiger partial charge is 0.432 e. The van der Waals surface area contributed by atoms with Gasteiger partial charge in [0.15, 0.2) is 14.1 Å². The summed E-state index contributed by atoms with van der Waals surface area (Å²) in [5.74, 6) is 0.0878. The fourth-order valence-corrected chi connectivity index (χ4v) is 2.92. The minimum atomic E-state index is -2.17. The Morgan fingerprint density at radius 2 is 1.95 bits per heavy atom. The number of Topliss-reactive ketones (excluding diaryl/α,β-unsaturated/α-hetero) is 1. The molecule has 0 amide bonds. The Hall–Kier alpha value is -0.453. The van der Waals surface area contributed by atoms with Gasteiger partial charge in [-0.15, -0.1) is 0 Å². The number of aryl methyl sites for hydroxylation is 1. The molecule has 0 saturated heterocycles. The van der Waals surface area contributed by atoms with Gasteiger partial charge in [-0.25, -0.2) is 0 Å². The third kappa shape index (κ3) is 4.26. The van der Waals surface area contributed by atoms with Crippen LogP contribution in [0.5, 0.6) is 0 Å². The molecule has 19 heavy (non-hydrogen) atoms. The number of hydrogen-bond donors (Lipinski definition) is 1. The standard InChI is InChI=1S/C15H23BrO2Si/c1-11(17)12-6-7-14(16)13(10-12)8-9-15(2,3)19(4,5)18/h6-7,10,18H,8-9H2,1-5H3. The Morgan fingerprint density at radius 3 is 2.42 bits per heavy atom. The Labute approximate surface area is 125 Å². The lowest BCUT2D eigenvalue weighted by molar-refractivity contribution is 0.101. The van der Waals surface area contributed by atoms with Gasteiger partial charge in [-0.3, -0.25) is 4.79 Å². The van der Waals surface area contributed by atoms with E-state index in [-0.39, 0.29) is 10.8 Å². The van der Waals surface area contributed by atoms with Crippen LogP contribution in [0.3, 0.4) is 0 Å². The van der Waals surface area contributed by atoms with Gasteiger partial charge in [0, 0.05) is 10.0 Å². The van der Waals surface area contributed by atoms with Crippen LogP contribution in [0.15, 0.2) is 22.7 Å². The highest BCUT2D eigenvalue weighted by molar-refractivity contribution is 9.10. The summed E-state index contributed by atoms with van der Waals surface area (Å²) in [6, 6.07) is 5.72. The van der Waals surface area contributed by atoms with Crippen molar-refractivity contribution in [2.75, 3.05) is 0 Å². The minimum Gasteiger partial charge on any atom is -0.432 e.